The van der Waals surface area contributed by atoms with Crippen LogP contribution in [0.3, 0.4) is 0 Å². The maximum atomic E-state index is 9.04. The van der Waals surface area contributed by atoms with Gasteiger partial charge in [0.2, 0.25) is 0 Å². The fourth-order valence-electron chi connectivity index (χ4n) is 1.10. The molecule has 1 rings (SSSR count). The lowest BCUT2D eigenvalue weighted by atomic mass is 10.1. The maximum absolute atomic E-state index is 9.04. The van der Waals surface area contributed by atoms with Crippen LogP contribution in [0.1, 0.15) is 19.8 Å². The molecular weight excluding hydrogens is 114 g/mol. The van der Waals surface area contributed by atoms with Gasteiger partial charge in [-0.15, -0.1) is 0 Å². The molecule has 1 aliphatic carbocycles. The van der Waals surface area contributed by atoms with Gasteiger partial charge in [0, 0.05) is 6.04 Å². The van der Waals surface area contributed by atoms with Crippen LogP contribution in [0.15, 0.2) is 11.6 Å². The quantitative estimate of drug-likeness (QED) is 0.501. The van der Waals surface area contributed by atoms with Gasteiger partial charge in [-0.3, -0.25) is 0 Å². The van der Waals surface area contributed by atoms with Gasteiger partial charge in [-0.1, -0.05) is 11.6 Å². The highest BCUT2D eigenvalue weighted by molar-refractivity contribution is 5.15. The average Bonchev–Trinajstić information content (AvgIpc) is 2.14. The van der Waals surface area contributed by atoms with Gasteiger partial charge in [-0.25, -0.2) is 0 Å². The normalized spacial score (nSPS) is 30.1. The molecule has 0 spiro atoms. The molecule has 0 aromatic rings. The number of hydrogen-bond acceptors (Lipinski definition) is 2. The Labute approximate surface area is 55.4 Å². The van der Waals surface area contributed by atoms with Crippen molar-refractivity contribution in [2.24, 2.45) is 5.73 Å². The number of nitrogens with two attached hydrogens (primary N) is 1. The Morgan fingerprint density at radius 1 is 1.89 bits per heavy atom. The van der Waals surface area contributed by atoms with Gasteiger partial charge in [0.05, 0.1) is 6.10 Å². The lowest BCUT2D eigenvalue weighted by molar-refractivity contribution is 0.187. The Bertz CT molecular complexity index is 129. The van der Waals surface area contributed by atoms with E-state index in [9.17, 15) is 0 Å². The van der Waals surface area contributed by atoms with Gasteiger partial charge in [0.25, 0.3) is 0 Å². The van der Waals surface area contributed by atoms with Gasteiger partial charge in [-0.05, 0) is 19.8 Å². The van der Waals surface area contributed by atoms with E-state index in [0.717, 1.165) is 12.8 Å². The summed E-state index contributed by atoms with van der Waals surface area (Å²) in [5.74, 6) is 0. The minimum absolute atomic E-state index is 0.127. The first-order chi connectivity index (χ1) is 4.20. The molecule has 0 aromatic carbocycles. The summed E-state index contributed by atoms with van der Waals surface area (Å²) >= 11 is 0. The van der Waals surface area contributed by atoms with Crippen molar-refractivity contribution in [3.8, 4) is 0 Å². The molecule has 52 valence electrons. The molecule has 9 heavy (non-hydrogen) atoms. The fourth-order valence-corrected chi connectivity index (χ4v) is 1.10. The zero-order valence-corrected chi connectivity index (χ0v) is 5.67. The minimum Gasteiger partial charge on any atom is -0.392 e. The van der Waals surface area contributed by atoms with Crippen molar-refractivity contribution in [3.05, 3.63) is 11.6 Å². The Morgan fingerprint density at radius 3 is 2.78 bits per heavy atom. The Kier molecular flexibility index (Phi) is 1.88. The highest BCUT2D eigenvalue weighted by Crippen LogP contribution is 2.19. The summed E-state index contributed by atoms with van der Waals surface area (Å²) in [4.78, 5) is 0. The van der Waals surface area contributed by atoms with Crippen LogP contribution in [0, 0.1) is 0 Å². The van der Waals surface area contributed by atoms with Crippen LogP contribution < -0.4 is 5.73 Å². The largest absolute Gasteiger partial charge is 0.392 e. The third kappa shape index (κ3) is 1.53. The van der Waals surface area contributed by atoms with Crippen LogP contribution in [0.25, 0.3) is 0 Å². The molecule has 0 saturated carbocycles. The van der Waals surface area contributed by atoms with Crippen LogP contribution in [-0.4, -0.2) is 17.3 Å². The van der Waals surface area contributed by atoms with E-state index >= 15 is 0 Å². The van der Waals surface area contributed by atoms with Gasteiger partial charge in [-0.2, -0.15) is 0 Å². The molecule has 0 heterocycles. The summed E-state index contributed by atoms with van der Waals surface area (Å²) in [5.41, 5.74) is 6.78. The van der Waals surface area contributed by atoms with Crippen molar-refractivity contribution in [1.29, 1.82) is 0 Å². The predicted octanol–water partition coefficient (Wildman–Crippen LogP) is 0.415. The summed E-state index contributed by atoms with van der Waals surface area (Å²) in [6, 6.07) is 0.127. The molecule has 0 bridgehead atoms. The maximum Gasteiger partial charge on any atom is 0.0612 e. The first-order valence-electron chi connectivity index (χ1n) is 3.32. The molecule has 0 fully saturated rings. The molecule has 0 radical (unpaired) electrons. The smallest absolute Gasteiger partial charge is 0.0612 e. The van der Waals surface area contributed by atoms with Crippen LogP contribution >= 0.6 is 0 Å². The second kappa shape index (κ2) is 2.50. The molecule has 2 heteroatoms. The highest BCUT2D eigenvalue weighted by atomic mass is 16.3. The second-order valence-corrected chi connectivity index (χ2v) is 2.66. The average molecular weight is 127 g/mol. The van der Waals surface area contributed by atoms with Crippen molar-refractivity contribution in [3.63, 3.8) is 0 Å². The van der Waals surface area contributed by atoms with Gasteiger partial charge in [0.1, 0.15) is 0 Å². The molecule has 0 saturated heterocycles. The van der Waals surface area contributed by atoms with Crippen LogP contribution in [0.5, 0.6) is 0 Å². The minimum atomic E-state index is -0.161. The van der Waals surface area contributed by atoms with Crippen molar-refractivity contribution in [2.45, 2.75) is 31.9 Å². The molecule has 1 unspecified atom stereocenters. The summed E-state index contributed by atoms with van der Waals surface area (Å²) in [7, 11) is 0. The lowest BCUT2D eigenvalue weighted by Gasteiger charge is -2.05. The van der Waals surface area contributed by atoms with Crippen molar-refractivity contribution >= 4 is 0 Å². The van der Waals surface area contributed by atoms with Crippen LogP contribution in [-0.2, 0) is 0 Å². The van der Waals surface area contributed by atoms with E-state index in [0.29, 0.717) is 0 Å². The zero-order chi connectivity index (χ0) is 6.85. The van der Waals surface area contributed by atoms with E-state index in [1.807, 2.05) is 13.0 Å². The van der Waals surface area contributed by atoms with Gasteiger partial charge < -0.3 is 10.8 Å². The van der Waals surface area contributed by atoms with Gasteiger partial charge >= 0.3 is 0 Å². The highest BCUT2D eigenvalue weighted by Gasteiger charge is 2.15. The van der Waals surface area contributed by atoms with E-state index in [4.69, 9.17) is 10.8 Å². The predicted molar refractivity (Wildman–Crippen MR) is 37.0 cm³/mol. The zero-order valence-electron chi connectivity index (χ0n) is 5.67. The molecule has 1 aliphatic rings. The lowest BCUT2D eigenvalue weighted by Crippen LogP contribution is -2.17. The topological polar surface area (TPSA) is 46.2 Å². The summed E-state index contributed by atoms with van der Waals surface area (Å²) in [6.07, 6.45) is 3.44. The van der Waals surface area contributed by atoms with E-state index in [2.05, 4.69) is 0 Å². The molecule has 3 N–H and O–H groups in total. The Morgan fingerprint density at radius 2 is 2.56 bits per heavy atom. The molecule has 2 atom stereocenters. The number of hydrogen-bond donors (Lipinski definition) is 2. The summed E-state index contributed by atoms with van der Waals surface area (Å²) in [5, 5.41) is 9.04. The molecule has 0 aromatic heterocycles. The van der Waals surface area contributed by atoms with Crippen molar-refractivity contribution in [2.75, 3.05) is 0 Å². The number of aliphatic hydroxyl groups is 1. The molecule has 0 amide bonds. The van der Waals surface area contributed by atoms with Crippen LogP contribution in [0.4, 0.5) is 0 Å². The fraction of sp³-hybridized carbons (Fsp3) is 0.714. The van der Waals surface area contributed by atoms with Gasteiger partial charge in [0.15, 0.2) is 0 Å². The van der Waals surface area contributed by atoms with Crippen molar-refractivity contribution in [1.82, 2.24) is 0 Å². The second-order valence-electron chi connectivity index (χ2n) is 2.66. The van der Waals surface area contributed by atoms with E-state index in [1.165, 1.54) is 5.57 Å². The van der Waals surface area contributed by atoms with E-state index in [-0.39, 0.29) is 12.1 Å². The third-order valence-electron chi connectivity index (χ3n) is 1.71. The van der Waals surface area contributed by atoms with E-state index < -0.39 is 0 Å². The Hall–Kier alpha value is -0.340. The standard InChI is InChI=1S/C7H13NO/c1-5(8)6-2-3-7(9)4-6/h2,5,7,9H,3-4,8H2,1H3/t5-,7?/m1/s1. The molecule has 2 nitrogen and oxygen atoms in total. The summed E-state index contributed by atoms with van der Waals surface area (Å²) < 4.78 is 0. The summed E-state index contributed by atoms with van der Waals surface area (Å²) in [6.45, 7) is 1.95. The van der Waals surface area contributed by atoms with E-state index in [1.54, 1.807) is 0 Å². The monoisotopic (exact) mass is 127 g/mol. The van der Waals surface area contributed by atoms with Crippen LogP contribution in [0.2, 0.25) is 0 Å². The molecular formula is C7H13NO. The molecule has 0 aliphatic heterocycles. The SMILES string of the molecule is C[C@@H](N)C1=CCC(O)C1. The Balaban J connectivity index is 2.45. The first kappa shape index (κ1) is 6.78. The number of rotatable bonds is 1. The van der Waals surface area contributed by atoms with Crippen molar-refractivity contribution < 1.29 is 5.11 Å². The third-order valence-corrected chi connectivity index (χ3v) is 1.71. The number of aliphatic hydroxyl groups excluding tert-OH is 1. The first-order valence-corrected chi connectivity index (χ1v) is 3.32.